The standard InChI is InChI=1S/C20H25BrN2O4/c1-14-19(15(2)27-22-14)13-20(24)26-17-6-8-23(9-7-17)10-11-25-18-5-3-4-16(21)12-18/h3-5,12,17H,6-11,13H2,1-2H3. The summed E-state index contributed by atoms with van der Waals surface area (Å²) in [4.78, 5) is 14.5. The molecular formula is C20H25BrN2O4. The van der Waals surface area contributed by atoms with Crippen LogP contribution in [0.3, 0.4) is 0 Å². The van der Waals surface area contributed by atoms with Gasteiger partial charge in [0.05, 0.1) is 12.1 Å². The first kappa shape index (κ1) is 19.9. The second kappa shape index (κ2) is 9.37. The Hall–Kier alpha value is -1.86. The third kappa shape index (κ3) is 5.81. The minimum absolute atomic E-state index is 0.0137. The van der Waals surface area contributed by atoms with Crippen LogP contribution < -0.4 is 4.74 Å². The van der Waals surface area contributed by atoms with E-state index in [0.29, 0.717) is 12.4 Å². The summed E-state index contributed by atoms with van der Waals surface area (Å²) in [6.45, 7) is 6.99. The van der Waals surface area contributed by atoms with E-state index in [9.17, 15) is 4.79 Å². The van der Waals surface area contributed by atoms with Crippen molar-refractivity contribution < 1.29 is 18.8 Å². The minimum atomic E-state index is -0.208. The first-order valence-electron chi connectivity index (χ1n) is 9.23. The van der Waals surface area contributed by atoms with Gasteiger partial charge in [0.2, 0.25) is 0 Å². The Balaban J connectivity index is 1.35. The van der Waals surface area contributed by atoms with Gasteiger partial charge in [0, 0.05) is 29.7 Å². The maximum atomic E-state index is 12.2. The number of esters is 1. The Morgan fingerprint density at radius 1 is 1.33 bits per heavy atom. The largest absolute Gasteiger partial charge is 0.492 e. The number of likely N-dealkylation sites (tertiary alicyclic amines) is 1. The van der Waals surface area contributed by atoms with Crippen molar-refractivity contribution in [1.82, 2.24) is 10.1 Å². The number of hydrogen-bond donors (Lipinski definition) is 0. The van der Waals surface area contributed by atoms with Crippen LogP contribution >= 0.6 is 15.9 Å². The number of carbonyl (C=O) groups excluding carboxylic acids is 1. The van der Waals surface area contributed by atoms with Crippen LogP contribution in [0.25, 0.3) is 0 Å². The summed E-state index contributed by atoms with van der Waals surface area (Å²) < 4.78 is 17.5. The van der Waals surface area contributed by atoms with Gasteiger partial charge in [0.1, 0.15) is 24.2 Å². The van der Waals surface area contributed by atoms with Gasteiger partial charge in [-0.05, 0) is 44.9 Å². The van der Waals surface area contributed by atoms with E-state index in [4.69, 9.17) is 14.0 Å². The van der Waals surface area contributed by atoms with Gasteiger partial charge in [-0.1, -0.05) is 27.2 Å². The van der Waals surface area contributed by atoms with Crippen LogP contribution in [0.2, 0.25) is 0 Å². The van der Waals surface area contributed by atoms with E-state index in [2.05, 4.69) is 26.0 Å². The molecule has 0 atom stereocenters. The highest BCUT2D eigenvalue weighted by Crippen LogP contribution is 2.19. The highest BCUT2D eigenvalue weighted by atomic mass is 79.9. The van der Waals surface area contributed by atoms with Crippen molar-refractivity contribution in [3.8, 4) is 5.75 Å². The molecule has 2 aromatic rings. The van der Waals surface area contributed by atoms with Crippen molar-refractivity contribution in [2.24, 2.45) is 0 Å². The van der Waals surface area contributed by atoms with Crippen molar-refractivity contribution in [1.29, 1.82) is 0 Å². The van der Waals surface area contributed by atoms with Gasteiger partial charge in [-0.3, -0.25) is 9.69 Å². The van der Waals surface area contributed by atoms with Crippen molar-refractivity contribution >= 4 is 21.9 Å². The van der Waals surface area contributed by atoms with Gasteiger partial charge in [0.15, 0.2) is 0 Å². The summed E-state index contributed by atoms with van der Waals surface area (Å²) in [5.74, 6) is 1.35. The van der Waals surface area contributed by atoms with E-state index in [1.165, 1.54) is 0 Å². The molecule has 0 saturated carbocycles. The first-order valence-corrected chi connectivity index (χ1v) is 10.0. The molecule has 0 amide bonds. The lowest BCUT2D eigenvalue weighted by Crippen LogP contribution is -2.40. The highest BCUT2D eigenvalue weighted by molar-refractivity contribution is 9.10. The Kier molecular flexibility index (Phi) is 6.90. The van der Waals surface area contributed by atoms with E-state index in [0.717, 1.165) is 54.0 Å². The van der Waals surface area contributed by atoms with Crippen LogP contribution in [-0.4, -0.2) is 48.4 Å². The SMILES string of the molecule is Cc1noc(C)c1CC(=O)OC1CCN(CCOc2cccc(Br)c2)CC1. The molecule has 0 bridgehead atoms. The van der Waals surface area contributed by atoms with Crippen molar-refractivity contribution in [2.75, 3.05) is 26.2 Å². The second-order valence-corrected chi connectivity index (χ2v) is 7.73. The molecule has 1 aliphatic rings. The molecule has 7 heteroatoms. The Morgan fingerprint density at radius 3 is 2.78 bits per heavy atom. The van der Waals surface area contributed by atoms with Crippen molar-refractivity contribution in [2.45, 2.75) is 39.2 Å². The maximum absolute atomic E-state index is 12.2. The van der Waals surface area contributed by atoms with E-state index in [-0.39, 0.29) is 18.5 Å². The summed E-state index contributed by atoms with van der Waals surface area (Å²) in [7, 11) is 0. The molecule has 1 aromatic heterocycles. The van der Waals surface area contributed by atoms with Crippen LogP contribution in [0.15, 0.2) is 33.3 Å². The smallest absolute Gasteiger partial charge is 0.310 e. The third-order valence-electron chi connectivity index (χ3n) is 4.81. The molecule has 146 valence electrons. The van der Waals surface area contributed by atoms with Crippen molar-refractivity contribution in [3.05, 3.63) is 45.8 Å². The molecule has 6 nitrogen and oxygen atoms in total. The van der Waals surface area contributed by atoms with Gasteiger partial charge in [0.25, 0.3) is 0 Å². The van der Waals surface area contributed by atoms with Gasteiger partial charge < -0.3 is 14.0 Å². The predicted molar refractivity (Wildman–Crippen MR) is 105 cm³/mol. The van der Waals surface area contributed by atoms with Crippen molar-refractivity contribution in [3.63, 3.8) is 0 Å². The minimum Gasteiger partial charge on any atom is -0.492 e. The van der Waals surface area contributed by atoms with Crippen LogP contribution in [0, 0.1) is 13.8 Å². The lowest BCUT2D eigenvalue weighted by atomic mass is 10.1. The quantitative estimate of drug-likeness (QED) is 0.616. The molecule has 1 aromatic carbocycles. The zero-order chi connectivity index (χ0) is 19.2. The zero-order valence-corrected chi connectivity index (χ0v) is 17.3. The molecule has 0 radical (unpaired) electrons. The second-order valence-electron chi connectivity index (χ2n) is 6.82. The summed E-state index contributed by atoms with van der Waals surface area (Å²) in [5, 5.41) is 3.88. The number of rotatable bonds is 7. The Morgan fingerprint density at radius 2 is 2.11 bits per heavy atom. The molecular weight excluding hydrogens is 412 g/mol. The number of ether oxygens (including phenoxy) is 2. The third-order valence-corrected chi connectivity index (χ3v) is 5.30. The molecule has 1 fully saturated rings. The molecule has 1 aliphatic heterocycles. The molecule has 0 N–H and O–H groups in total. The van der Waals surface area contributed by atoms with Crippen LogP contribution in [0.5, 0.6) is 5.75 Å². The number of carbonyl (C=O) groups is 1. The lowest BCUT2D eigenvalue weighted by molar-refractivity contribution is -0.150. The van der Waals surface area contributed by atoms with Crippen LogP contribution in [-0.2, 0) is 16.0 Å². The summed E-state index contributed by atoms with van der Waals surface area (Å²) >= 11 is 3.44. The van der Waals surface area contributed by atoms with Crippen LogP contribution in [0.4, 0.5) is 0 Å². The number of aromatic nitrogens is 1. The van der Waals surface area contributed by atoms with E-state index >= 15 is 0 Å². The fourth-order valence-electron chi connectivity index (χ4n) is 3.23. The highest BCUT2D eigenvalue weighted by Gasteiger charge is 2.23. The normalized spacial score (nSPS) is 15.7. The molecule has 0 aliphatic carbocycles. The molecule has 1 saturated heterocycles. The van der Waals surface area contributed by atoms with Gasteiger partial charge in [-0.25, -0.2) is 0 Å². The Bertz CT molecular complexity index is 750. The van der Waals surface area contributed by atoms with Gasteiger partial charge in [-0.15, -0.1) is 0 Å². The average Bonchev–Trinajstić information content (AvgIpc) is 2.95. The zero-order valence-electron chi connectivity index (χ0n) is 15.7. The molecule has 2 heterocycles. The Labute approximate surface area is 167 Å². The molecule has 3 rings (SSSR count). The topological polar surface area (TPSA) is 64.8 Å². The van der Waals surface area contributed by atoms with Gasteiger partial charge >= 0.3 is 5.97 Å². The number of hydrogen-bond acceptors (Lipinski definition) is 6. The number of nitrogens with zero attached hydrogens (tertiary/aromatic N) is 2. The number of halogens is 1. The summed E-state index contributed by atoms with van der Waals surface area (Å²) in [5.41, 5.74) is 1.59. The van der Waals surface area contributed by atoms with Gasteiger partial charge in [-0.2, -0.15) is 0 Å². The fourth-order valence-corrected chi connectivity index (χ4v) is 3.60. The number of piperidine rings is 1. The fraction of sp³-hybridized carbons (Fsp3) is 0.500. The summed E-state index contributed by atoms with van der Waals surface area (Å²) in [6, 6.07) is 7.85. The molecule has 0 spiro atoms. The molecule has 0 unspecified atom stereocenters. The average molecular weight is 437 g/mol. The predicted octanol–water partition coefficient (Wildman–Crippen LogP) is 3.68. The van der Waals surface area contributed by atoms with Crippen LogP contribution in [0.1, 0.15) is 29.9 Å². The number of aryl methyl sites for hydroxylation is 2. The van der Waals surface area contributed by atoms with E-state index in [1.807, 2.05) is 38.1 Å². The maximum Gasteiger partial charge on any atom is 0.310 e. The number of benzene rings is 1. The van der Waals surface area contributed by atoms with E-state index in [1.54, 1.807) is 0 Å². The first-order chi connectivity index (χ1) is 13.0. The molecule has 27 heavy (non-hydrogen) atoms. The monoisotopic (exact) mass is 436 g/mol. The summed E-state index contributed by atoms with van der Waals surface area (Å²) in [6.07, 6.45) is 1.91. The van der Waals surface area contributed by atoms with E-state index < -0.39 is 0 Å². The lowest BCUT2D eigenvalue weighted by Gasteiger charge is -2.31.